The van der Waals surface area contributed by atoms with Gasteiger partial charge in [-0.05, 0) is 51.8 Å². The number of esters is 2. The first-order chi connectivity index (χ1) is 20.5. The van der Waals surface area contributed by atoms with Gasteiger partial charge in [-0.25, -0.2) is 9.59 Å². The van der Waals surface area contributed by atoms with Crippen molar-refractivity contribution in [3.63, 3.8) is 0 Å². The lowest BCUT2D eigenvalue weighted by Gasteiger charge is -2.28. The molecule has 3 aromatic rings. The summed E-state index contributed by atoms with van der Waals surface area (Å²) in [6, 6.07) is 13.7. The molecule has 1 unspecified atom stereocenters. The number of carbonyl (C=O) groups is 2. The molecule has 0 saturated heterocycles. The monoisotopic (exact) mass is 608 g/mol. The van der Waals surface area contributed by atoms with Crippen LogP contribution in [-0.4, -0.2) is 46.2 Å². The number of nitro benzene ring substituents is 2. The number of aromatic hydroxyl groups is 1. The van der Waals surface area contributed by atoms with Crippen molar-refractivity contribution in [2.45, 2.75) is 65.1 Å². The first-order valence-corrected chi connectivity index (χ1v) is 13.8. The molecule has 1 atom stereocenters. The summed E-state index contributed by atoms with van der Waals surface area (Å²) in [6.07, 6.45) is -1.13. The molecule has 12 heteroatoms. The summed E-state index contributed by atoms with van der Waals surface area (Å²) >= 11 is 0. The van der Waals surface area contributed by atoms with E-state index >= 15 is 0 Å². The predicted octanol–water partition coefficient (Wildman–Crippen LogP) is 6.40. The quantitative estimate of drug-likeness (QED) is 0.146. The second-order valence-corrected chi connectivity index (χ2v) is 12.3. The third kappa shape index (κ3) is 8.83. The van der Waals surface area contributed by atoms with E-state index in [1.165, 1.54) is 36.4 Å². The number of phenols is 1. The number of carbonyl (C=O) groups excluding carboxylic acids is 2. The molecule has 44 heavy (non-hydrogen) atoms. The van der Waals surface area contributed by atoms with Crippen LogP contribution in [-0.2, 0) is 31.6 Å². The lowest BCUT2D eigenvalue weighted by Crippen LogP contribution is -2.30. The summed E-state index contributed by atoms with van der Waals surface area (Å²) in [5, 5.41) is 33.3. The Morgan fingerprint density at radius 2 is 1.25 bits per heavy atom. The van der Waals surface area contributed by atoms with E-state index in [1.54, 1.807) is 0 Å². The number of nitro groups is 2. The number of phenolic OH excluding ortho intramolecular Hbond substituents is 1. The van der Waals surface area contributed by atoms with E-state index in [-0.39, 0.29) is 52.3 Å². The summed E-state index contributed by atoms with van der Waals surface area (Å²) in [6.45, 7) is 11.3. The van der Waals surface area contributed by atoms with Crippen molar-refractivity contribution in [3.8, 4) is 5.75 Å². The van der Waals surface area contributed by atoms with E-state index in [1.807, 2.05) is 53.7 Å². The standard InChI is InChI=1S/C32H36N2O10/c1-31(2,3)26-13-20(14-27(28(26)35)32(4,5)6)17-42-18-25(44-30(37)22-10-8-12-24(16-22)34(40)41)19-43-29(36)21-9-7-11-23(15-21)33(38)39/h7-16,25,35H,17-19H2,1-6H3. The van der Waals surface area contributed by atoms with Crippen LogP contribution in [0.4, 0.5) is 11.4 Å². The van der Waals surface area contributed by atoms with Gasteiger partial charge >= 0.3 is 11.9 Å². The minimum absolute atomic E-state index is 0.0656. The zero-order valence-corrected chi connectivity index (χ0v) is 25.5. The predicted molar refractivity (Wildman–Crippen MR) is 161 cm³/mol. The molecule has 3 rings (SSSR count). The maximum Gasteiger partial charge on any atom is 0.338 e. The van der Waals surface area contributed by atoms with Crippen molar-refractivity contribution in [1.29, 1.82) is 0 Å². The maximum atomic E-state index is 12.9. The molecule has 1 N–H and O–H groups in total. The summed E-state index contributed by atoms with van der Waals surface area (Å²) in [7, 11) is 0. The second kappa shape index (κ2) is 13.6. The van der Waals surface area contributed by atoms with Crippen molar-refractivity contribution in [3.05, 3.63) is 109 Å². The van der Waals surface area contributed by atoms with E-state index < -0.39 is 34.5 Å². The van der Waals surface area contributed by atoms with Gasteiger partial charge in [0.05, 0.1) is 34.2 Å². The molecule has 0 aliphatic heterocycles. The van der Waals surface area contributed by atoms with Gasteiger partial charge in [0.15, 0.2) is 6.10 Å². The molecule has 0 saturated carbocycles. The average molecular weight is 609 g/mol. The van der Waals surface area contributed by atoms with Crippen LogP contribution in [0, 0.1) is 20.2 Å². The van der Waals surface area contributed by atoms with Gasteiger partial charge in [-0.3, -0.25) is 20.2 Å². The summed E-state index contributed by atoms with van der Waals surface area (Å²) in [5.74, 6) is -1.57. The number of ether oxygens (including phenoxy) is 3. The van der Waals surface area contributed by atoms with E-state index in [4.69, 9.17) is 14.2 Å². The molecule has 0 aromatic heterocycles. The Morgan fingerprint density at radius 1 is 0.773 bits per heavy atom. The molecule has 234 valence electrons. The molecule has 0 fully saturated rings. The van der Waals surface area contributed by atoms with Crippen LogP contribution >= 0.6 is 0 Å². The molecular formula is C32H36N2O10. The van der Waals surface area contributed by atoms with Crippen LogP contribution in [0.3, 0.4) is 0 Å². The maximum absolute atomic E-state index is 12.9. The third-order valence-electron chi connectivity index (χ3n) is 6.62. The Bertz CT molecular complexity index is 1520. The molecule has 0 aliphatic carbocycles. The van der Waals surface area contributed by atoms with Gasteiger partial charge in [-0.1, -0.05) is 53.7 Å². The molecule has 0 radical (unpaired) electrons. The number of non-ortho nitro benzene ring substituents is 2. The van der Waals surface area contributed by atoms with Crippen LogP contribution < -0.4 is 0 Å². The minimum atomic E-state index is -1.13. The van der Waals surface area contributed by atoms with Gasteiger partial charge in [0.25, 0.3) is 11.4 Å². The molecule has 0 spiro atoms. The summed E-state index contributed by atoms with van der Waals surface area (Å²) in [4.78, 5) is 46.5. The lowest BCUT2D eigenvalue weighted by molar-refractivity contribution is -0.385. The van der Waals surface area contributed by atoms with E-state index in [0.717, 1.165) is 28.8 Å². The van der Waals surface area contributed by atoms with Crippen LogP contribution in [0.15, 0.2) is 60.7 Å². The van der Waals surface area contributed by atoms with Crippen LogP contribution in [0.1, 0.15) is 78.9 Å². The summed E-state index contributed by atoms with van der Waals surface area (Å²) in [5.41, 5.74) is 0.750. The highest BCUT2D eigenvalue weighted by Gasteiger charge is 2.27. The molecule has 3 aromatic carbocycles. The van der Waals surface area contributed by atoms with Crippen LogP contribution in [0.5, 0.6) is 5.75 Å². The molecular weight excluding hydrogens is 572 g/mol. The van der Waals surface area contributed by atoms with Gasteiger partial charge in [0.1, 0.15) is 12.4 Å². The molecule has 0 amide bonds. The number of hydrogen-bond donors (Lipinski definition) is 1. The third-order valence-corrected chi connectivity index (χ3v) is 6.62. The number of rotatable bonds is 11. The Morgan fingerprint density at radius 3 is 1.70 bits per heavy atom. The highest BCUT2D eigenvalue weighted by Crippen LogP contribution is 2.40. The van der Waals surface area contributed by atoms with Crippen molar-refractivity contribution < 1.29 is 38.8 Å². The van der Waals surface area contributed by atoms with E-state index in [9.17, 15) is 34.9 Å². The Labute approximate surface area is 254 Å². The largest absolute Gasteiger partial charge is 0.507 e. The SMILES string of the molecule is CC(C)(C)c1cc(COCC(COC(=O)c2cccc([N+](=O)[O-])c2)OC(=O)c2cccc([N+](=O)[O-])c2)cc(C(C)(C)C)c1O. The highest BCUT2D eigenvalue weighted by atomic mass is 16.6. The van der Waals surface area contributed by atoms with Gasteiger partial charge < -0.3 is 19.3 Å². The number of hydrogen-bond acceptors (Lipinski definition) is 10. The molecule has 12 nitrogen and oxygen atoms in total. The van der Waals surface area contributed by atoms with Gasteiger partial charge in [0.2, 0.25) is 0 Å². The van der Waals surface area contributed by atoms with Gasteiger partial charge in [-0.15, -0.1) is 0 Å². The minimum Gasteiger partial charge on any atom is -0.507 e. The van der Waals surface area contributed by atoms with Gasteiger partial charge in [0, 0.05) is 24.3 Å². The second-order valence-electron chi connectivity index (χ2n) is 12.3. The topological polar surface area (TPSA) is 168 Å². The number of nitrogens with zero attached hydrogens (tertiary/aromatic N) is 2. The Balaban J connectivity index is 1.82. The fraction of sp³-hybridized carbons (Fsp3) is 0.375. The number of benzene rings is 3. The smallest absolute Gasteiger partial charge is 0.338 e. The zero-order valence-electron chi connectivity index (χ0n) is 25.5. The Hall–Kier alpha value is -4.84. The fourth-order valence-electron chi connectivity index (χ4n) is 4.31. The van der Waals surface area contributed by atoms with E-state index in [2.05, 4.69) is 0 Å². The summed E-state index contributed by atoms with van der Waals surface area (Å²) < 4.78 is 16.7. The van der Waals surface area contributed by atoms with Crippen molar-refractivity contribution >= 4 is 23.3 Å². The fourth-order valence-corrected chi connectivity index (χ4v) is 4.31. The molecule has 0 heterocycles. The van der Waals surface area contributed by atoms with Crippen LogP contribution in [0.25, 0.3) is 0 Å². The van der Waals surface area contributed by atoms with E-state index in [0.29, 0.717) is 0 Å². The molecule has 0 bridgehead atoms. The first-order valence-electron chi connectivity index (χ1n) is 13.8. The average Bonchev–Trinajstić information content (AvgIpc) is 2.95. The lowest BCUT2D eigenvalue weighted by atomic mass is 9.78. The molecule has 0 aliphatic rings. The zero-order chi connectivity index (χ0) is 32.8. The first kappa shape index (κ1) is 33.7. The Kier molecular flexibility index (Phi) is 10.4. The van der Waals surface area contributed by atoms with Crippen molar-refractivity contribution in [2.75, 3.05) is 13.2 Å². The van der Waals surface area contributed by atoms with Crippen molar-refractivity contribution in [2.24, 2.45) is 0 Å². The van der Waals surface area contributed by atoms with Gasteiger partial charge in [-0.2, -0.15) is 0 Å². The highest BCUT2D eigenvalue weighted by molar-refractivity contribution is 5.91. The van der Waals surface area contributed by atoms with Crippen LogP contribution in [0.2, 0.25) is 0 Å². The van der Waals surface area contributed by atoms with Crippen molar-refractivity contribution in [1.82, 2.24) is 0 Å². The normalized spacial score (nSPS) is 12.3.